The molecule has 3 atom stereocenters. The number of hydrogen-bond donors (Lipinski definition) is 11. The van der Waals surface area contributed by atoms with E-state index < -0.39 is 99.7 Å². The number of benzene rings is 4. The fraction of sp³-hybridized carbons (Fsp3) is 0.329. The van der Waals surface area contributed by atoms with Crippen molar-refractivity contribution in [3.8, 4) is 0 Å². The van der Waals surface area contributed by atoms with Crippen LogP contribution >= 0.6 is 15.9 Å². The molecule has 0 radical (unpaired) electrons. The molecule has 630 valence electrons. The second-order valence-corrected chi connectivity index (χ2v) is 27.7. The summed E-state index contributed by atoms with van der Waals surface area (Å²) in [5.41, 5.74) is 27.4. The number of nitrogens with zero attached hydrogens (tertiary/aromatic N) is 6. The monoisotopic (exact) mass is 1690 g/mol. The standard InChI is InChI=1S/C24H32N4O4.C19H23N5O4.C13H11NO3.C11H23N3O2.C7H7Br.C6H5NO3.C2HF3O/c1-17(25)26-14-8-13-20(23(31)32-24(2,3)4)27-21(29)19-12-9-15-28(22(19)30)16-18-10-6-5-7-11-18;20-19(21)22-10-4-9-15(18(27)28)23-16(25)14-8-5-11-24(17(14)26)12-13-6-2-1-3-7-13;15-12-11(13(16)17)7-4-8-14(12)9-10-5-2-1-3-6-10;1-8(12)14-7-5-6-9(13)10(15)16-11(2,3)4;8-6-7-4-2-1-3-5-7;8-5-4(6(9)10)2-1-3-7-5;3-2(4,5)1-6/h5-7,9-12,15,20H,8,13-14,16H2,1-4H3,(H2,25,26)(H,27,29);1-3,5-8,11,15H,4,9-10,12H2,(H,23,25)(H,27,28)(H4,20,21,22);1-8H,9H2,(H,16,17);9H,5-7,13H2,1-4H3,(H2,12,14);1-5H,6H2;1-3H,(H,7,8)(H,9,10);1H/t20-;15-;;9-;;;/m00.0.../s1. The maximum absolute atomic E-state index is 12.9. The number of amidine groups is 2. The molecule has 117 heavy (non-hydrogen) atoms. The molecule has 4 aromatic carbocycles. The van der Waals surface area contributed by atoms with E-state index in [9.17, 15) is 71.0 Å². The highest BCUT2D eigenvalue weighted by molar-refractivity contribution is 9.08. The molecular weight excluding hydrogens is 1590 g/mol. The van der Waals surface area contributed by atoms with Gasteiger partial charge in [-0.3, -0.25) is 53.3 Å². The Kier molecular flexibility index (Phi) is 44.9. The predicted molar refractivity (Wildman–Crippen MR) is 443 cm³/mol. The van der Waals surface area contributed by atoms with Crippen molar-refractivity contribution < 1.29 is 76.3 Å². The minimum absolute atomic E-state index is 0.0344. The van der Waals surface area contributed by atoms with Crippen LogP contribution in [0.5, 0.6) is 0 Å². The maximum Gasteiger partial charge on any atom is 0.446 e. The number of halogens is 4. The van der Waals surface area contributed by atoms with Crippen molar-refractivity contribution in [2.75, 3.05) is 19.6 Å². The number of carboxylic acid groups (broad SMARTS) is 3. The largest absolute Gasteiger partial charge is 0.480 e. The first-order chi connectivity index (χ1) is 55.1. The van der Waals surface area contributed by atoms with E-state index in [-0.39, 0.29) is 47.1 Å². The van der Waals surface area contributed by atoms with Gasteiger partial charge in [0, 0.05) is 49.8 Å². The number of ether oxygens (including phenoxy) is 2. The molecule has 0 aliphatic heterocycles. The number of nitrogens with one attached hydrogen (secondary N) is 3. The molecule has 0 bridgehead atoms. The molecule has 16 N–H and O–H groups in total. The molecule has 8 aromatic rings. The fourth-order valence-electron chi connectivity index (χ4n) is 9.46. The first-order valence-electron chi connectivity index (χ1n) is 36.2. The van der Waals surface area contributed by atoms with Crippen molar-refractivity contribution >= 4 is 81.5 Å². The van der Waals surface area contributed by atoms with E-state index in [0.29, 0.717) is 70.1 Å². The van der Waals surface area contributed by atoms with Crippen LogP contribution in [-0.2, 0) is 53.6 Å². The Balaban J connectivity index is 0.000000493. The quantitative estimate of drug-likeness (QED) is 0.00547. The Hall–Kier alpha value is -12.9. The highest BCUT2D eigenvalue weighted by atomic mass is 79.9. The fourth-order valence-corrected chi connectivity index (χ4v) is 9.83. The van der Waals surface area contributed by atoms with Crippen LogP contribution in [0.25, 0.3) is 0 Å². The molecule has 4 aromatic heterocycles. The number of pyridine rings is 4. The Morgan fingerprint density at radius 3 is 1.15 bits per heavy atom. The average Bonchev–Trinajstić information content (AvgIpc) is 0.824. The van der Waals surface area contributed by atoms with Gasteiger partial charge in [-0.2, -0.15) is 13.2 Å². The Morgan fingerprint density at radius 1 is 0.487 bits per heavy atom. The van der Waals surface area contributed by atoms with Crippen LogP contribution in [0.3, 0.4) is 0 Å². The Bertz CT molecular complexity index is 4790. The summed E-state index contributed by atoms with van der Waals surface area (Å²) in [4.78, 5) is 153. The van der Waals surface area contributed by atoms with Gasteiger partial charge in [0.2, 0.25) is 6.29 Å². The molecule has 4 heterocycles. The van der Waals surface area contributed by atoms with E-state index in [0.717, 1.165) is 28.4 Å². The number of esters is 2. The number of aliphatic imine (C=N–C) groups is 3. The minimum atomic E-state index is -4.64. The number of carbonyl (C=O) groups is 8. The van der Waals surface area contributed by atoms with Crippen molar-refractivity contribution in [1.82, 2.24) is 29.3 Å². The minimum Gasteiger partial charge on any atom is -0.480 e. The number of aromatic amines is 1. The number of alkyl halides is 4. The number of carboxylic acids is 3. The molecule has 8 rings (SSSR count). The van der Waals surface area contributed by atoms with Crippen LogP contribution in [-0.4, -0.2) is 155 Å². The lowest BCUT2D eigenvalue weighted by Gasteiger charge is -2.24. The van der Waals surface area contributed by atoms with Crippen molar-refractivity contribution in [3.63, 3.8) is 0 Å². The molecule has 2 amide bonds. The maximum atomic E-state index is 12.9. The van der Waals surface area contributed by atoms with E-state index in [2.05, 4.69) is 58.7 Å². The number of rotatable bonds is 28. The second kappa shape index (κ2) is 52.5. The smallest absolute Gasteiger partial charge is 0.446 e. The number of nitrogens with two attached hydrogens (primary N) is 5. The third-order valence-electron chi connectivity index (χ3n) is 14.8. The number of aromatic carboxylic acids is 2. The molecule has 0 fully saturated rings. The summed E-state index contributed by atoms with van der Waals surface area (Å²) in [5, 5.41) is 32.5. The molecule has 0 unspecified atom stereocenters. The zero-order valence-corrected chi connectivity index (χ0v) is 67.7. The molecule has 31 nitrogen and oxygen atoms in total. The number of aromatic nitrogens is 4. The van der Waals surface area contributed by atoms with E-state index in [1.807, 2.05) is 130 Å². The van der Waals surface area contributed by atoms with Gasteiger partial charge in [0.25, 0.3) is 34.1 Å². The number of amides is 2. The Morgan fingerprint density at radius 2 is 0.821 bits per heavy atom. The van der Waals surface area contributed by atoms with Crippen molar-refractivity contribution in [2.45, 2.75) is 154 Å². The lowest BCUT2D eigenvalue weighted by atomic mass is 10.1. The summed E-state index contributed by atoms with van der Waals surface area (Å²) in [6, 6.07) is 47.5. The van der Waals surface area contributed by atoms with Gasteiger partial charge in [0.15, 0.2) is 5.96 Å². The number of aldehydes is 1. The van der Waals surface area contributed by atoms with Gasteiger partial charge in [-0.05, 0) is 165 Å². The summed E-state index contributed by atoms with van der Waals surface area (Å²) >= 11 is 3.36. The van der Waals surface area contributed by atoms with Gasteiger partial charge >= 0.3 is 36.0 Å². The third kappa shape index (κ3) is 43.2. The lowest BCUT2D eigenvalue weighted by molar-refractivity contribution is -0.158. The molecule has 35 heteroatoms. The zero-order chi connectivity index (χ0) is 87.8. The van der Waals surface area contributed by atoms with E-state index in [1.165, 1.54) is 55.8 Å². The average molecular weight is 1690 g/mol. The summed E-state index contributed by atoms with van der Waals surface area (Å²) in [5.74, 6) is -4.96. The van der Waals surface area contributed by atoms with Gasteiger partial charge < -0.3 is 82.8 Å². The van der Waals surface area contributed by atoms with Crippen LogP contribution in [0.2, 0.25) is 0 Å². The van der Waals surface area contributed by atoms with Crippen LogP contribution in [0.15, 0.2) is 229 Å². The summed E-state index contributed by atoms with van der Waals surface area (Å²) in [7, 11) is 0. The summed E-state index contributed by atoms with van der Waals surface area (Å²) in [6.07, 6.45) is 3.09. The molecular formula is C82H102BrF3N14O17. The van der Waals surface area contributed by atoms with Crippen molar-refractivity contribution in [3.05, 3.63) is 281 Å². The molecule has 0 aliphatic rings. The lowest BCUT2D eigenvalue weighted by Crippen LogP contribution is -2.45. The van der Waals surface area contributed by atoms with Crippen molar-refractivity contribution in [1.29, 1.82) is 0 Å². The van der Waals surface area contributed by atoms with Crippen LogP contribution in [0.1, 0.15) is 158 Å². The highest BCUT2D eigenvalue weighted by Crippen LogP contribution is 2.14. The van der Waals surface area contributed by atoms with Gasteiger partial charge in [-0.1, -0.05) is 137 Å². The first-order valence-corrected chi connectivity index (χ1v) is 37.3. The van der Waals surface area contributed by atoms with Crippen LogP contribution < -0.4 is 61.5 Å². The molecule has 0 spiro atoms. The van der Waals surface area contributed by atoms with Gasteiger partial charge in [0.1, 0.15) is 51.6 Å². The number of H-pyrrole nitrogens is 1. The molecule has 0 aliphatic carbocycles. The van der Waals surface area contributed by atoms with E-state index >= 15 is 0 Å². The van der Waals surface area contributed by atoms with Crippen LogP contribution in [0.4, 0.5) is 13.2 Å². The van der Waals surface area contributed by atoms with E-state index in [4.69, 9.17) is 53.1 Å². The predicted octanol–water partition coefficient (Wildman–Crippen LogP) is 8.44. The molecule has 0 saturated heterocycles. The van der Waals surface area contributed by atoms with Crippen LogP contribution in [0, 0.1) is 0 Å². The highest BCUT2D eigenvalue weighted by Gasteiger charge is 2.29. The number of hydrogen-bond acceptors (Lipinski definition) is 18. The number of guanidine groups is 1. The topological polar surface area (TPSA) is 506 Å². The first kappa shape index (κ1) is 100. The third-order valence-corrected chi connectivity index (χ3v) is 15.5. The number of aliphatic carboxylic acids is 1. The number of carbonyl (C=O) groups excluding carboxylic acids is 5. The van der Waals surface area contributed by atoms with Gasteiger partial charge in [-0.15, -0.1) is 0 Å². The van der Waals surface area contributed by atoms with Gasteiger partial charge in [0.05, 0.1) is 31.3 Å². The van der Waals surface area contributed by atoms with Crippen molar-refractivity contribution in [2.24, 2.45) is 43.6 Å². The second-order valence-electron chi connectivity index (χ2n) is 27.2. The summed E-state index contributed by atoms with van der Waals surface area (Å²) < 4.78 is 46.1. The van der Waals surface area contributed by atoms with Gasteiger partial charge in [-0.25, -0.2) is 19.2 Å². The Labute approximate surface area is 682 Å². The molecule has 0 saturated carbocycles. The van der Waals surface area contributed by atoms with E-state index in [1.54, 1.807) is 71.4 Å². The SMILES string of the molecule is BrCc1ccccc1.CC(N)=NCCC[C@H](N)C(=O)OC(C)(C)C.CC(N)=NCCC[C@H](NC(=O)c1cccn(Cc2ccccc2)c1=O)C(=O)OC(C)(C)C.NC(N)=NCCC[C@H](NC(=O)c1cccn(Cc2ccccc2)c1=O)C(=O)O.O=C(O)c1ccc[nH]c1=O.O=C(O)c1cccn(Cc2ccccc2)c1=O.O=CC(F)(F)F. The summed E-state index contributed by atoms with van der Waals surface area (Å²) in [6.45, 7) is 16.4. The zero-order valence-electron chi connectivity index (χ0n) is 66.1. The normalized spacial score (nSPS) is 11.7.